The second-order valence-corrected chi connectivity index (χ2v) is 6.45. The van der Waals surface area contributed by atoms with Crippen LogP contribution in [-0.2, 0) is 14.7 Å². The molecule has 2 aliphatic rings. The third-order valence-electron chi connectivity index (χ3n) is 3.95. The molecule has 14 nitrogen and oxygen atoms in total. The van der Waals surface area contributed by atoms with Crippen molar-refractivity contribution in [2.75, 3.05) is 20.1 Å². The second-order valence-electron chi connectivity index (χ2n) is 5.45. The normalized spacial score (nSPS) is 21.5. The lowest BCUT2D eigenvalue weighted by Gasteiger charge is -2.29. The zero-order valence-electron chi connectivity index (χ0n) is 13.2. The van der Waals surface area contributed by atoms with Crippen LogP contribution in [0.3, 0.4) is 0 Å². The van der Waals surface area contributed by atoms with E-state index in [1.54, 1.807) is 0 Å². The lowest BCUT2D eigenvalue weighted by Crippen LogP contribution is -2.41. The van der Waals surface area contributed by atoms with Crippen molar-refractivity contribution in [2.45, 2.75) is 12.1 Å². The smallest absolute Gasteiger partial charge is 0.418 e. The van der Waals surface area contributed by atoms with Crippen molar-refractivity contribution in [1.29, 1.82) is 0 Å². The minimum atomic E-state index is -4.98. The Kier molecular flexibility index (Phi) is 4.21. The van der Waals surface area contributed by atoms with E-state index in [-0.39, 0.29) is 24.3 Å². The molecule has 1 saturated heterocycles. The Morgan fingerprint density at radius 3 is 2.73 bits per heavy atom. The summed E-state index contributed by atoms with van der Waals surface area (Å²) in [5, 5.41) is 17.8. The monoisotopic (exact) mass is 390 g/mol. The Balaban J connectivity index is 2.04. The predicted octanol–water partition coefficient (Wildman–Crippen LogP) is -1.09. The lowest BCUT2D eigenvalue weighted by atomic mass is 9.98. The highest BCUT2D eigenvalue weighted by Gasteiger charge is 2.51. The van der Waals surface area contributed by atoms with Gasteiger partial charge in [-0.05, 0) is 0 Å². The van der Waals surface area contributed by atoms with Crippen LogP contribution < -0.4 is 10.6 Å². The number of fused-ring (bicyclic) bond motifs is 4. The van der Waals surface area contributed by atoms with E-state index in [0.29, 0.717) is 5.06 Å². The molecule has 4 amide bonds. The van der Waals surface area contributed by atoms with Crippen LogP contribution in [0.5, 0.6) is 0 Å². The van der Waals surface area contributed by atoms with Gasteiger partial charge in [-0.15, -0.1) is 4.28 Å². The van der Waals surface area contributed by atoms with Crippen molar-refractivity contribution in [3.05, 3.63) is 17.5 Å². The summed E-state index contributed by atoms with van der Waals surface area (Å²) >= 11 is 0. The van der Waals surface area contributed by atoms with Gasteiger partial charge in [-0.25, -0.2) is 14.4 Å². The third kappa shape index (κ3) is 3.02. The summed E-state index contributed by atoms with van der Waals surface area (Å²) in [6.45, 7) is -0.294. The first-order valence-corrected chi connectivity index (χ1v) is 8.54. The summed E-state index contributed by atoms with van der Waals surface area (Å²) in [5.41, 5.74) is 0.491. The lowest BCUT2D eigenvalue weighted by molar-refractivity contribution is -0.0317. The van der Waals surface area contributed by atoms with Crippen LogP contribution in [0.15, 0.2) is 6.20 Å². The Morgan fingerprint density at radius 2 is 2.15 bits per heavy atom. The van der Waals surface area contributed by atoms with Crippen molar-refractivity contribution in [3.63, 3.8) is 0 Å². The fraction of sp³-hybridized carbons (Fsp3) is 0.455. The molecule has 0 saturated carbocycles. The molecular weight excluding hydrogens is 376 g/mol. The number of hydroxylamine groups is 2. The van der Waals surface area contributed by atoms with Crippen molar-refractivity contribution in [2.24, 2.45) is 0 Å². The highest BCUT2D eigenvalue weighted by Crippen LogP contribution is 2.43. The molecule has 0 spiro atoms. The van der Waals surface area contributed by atoms with Crippen LogP contribution in [0.2, 0.25) is 0 Å². The van der Waals surface area contributed by atoms with E-state index in [9.17, 15) is 22.8 Å². The topological polar surface area (TPSA) is 183 Å². The van der Waals surface area contributed by atoms with E-state index >= 15 is 0 Å². The van der Waals surface area contributed by atoms with Gasteiger partial charge in [-0.3, -0.25) is 4.55 Å². The van der Waals surface area contributed by atoms with E-state index in [4.69, 9.17) is 9.66 Å². The highest BCUT2D eigenvalue weighted by molar-refractivity contribution is 7.80. The van der Waals surface area contributed by atoms with Crippen LogP contribution in [0.1, 0.15) is 23.3 Å². The summed E-state index contributed by atoms with van der Waals surface area (Å²) in [6, 6.07) is -3.34. The fourth-order valence-corrected chi connectivity index (χ4v) is 3.31. The van der Waals surface area contributed by atoms with E-state index in [1.807, 2.05) is 0 Å². The maximum atomic E-state index is 12.4. The van der Waals surface area contributed by atoms with Gasteiger partial charge in [0.2, 0.25) is 0 Å². The van der Waals surface area contributed by atoms with Gasteiger partial charge in [0.15, 0.2) is 0 Å². The minimum absolute atomic E-state index is 0.0489. The summed E-state index contributed by atoms with van der Waals surface area (Å²) in [4.78, 5) is 36.2. The van der Waals surface area contributed by atoms with E-state index in [1.165, 1.54) is 13.2 Å². The number of carbonyl (C=O) groups excluding carboxylic acids is 2. The van der Waals surface area contributed by atoms with Crippen molar-refractivity contribution < 1.29 is 36.7 Å². The summed E-state index contributed by atoms with van der Waals surface area (Å²) in [6.07, 6.45) is -0.0554. The number of hydrogen-bond acceptors (Lipinski definition) is 7. The zero-order valence-corrected chi connectivity index (χ0v) is 14.0. The Morgan fingerprint density at radius 1 is 1.46 bits per heavy atom. The SMILES string of the molecule is CNC(=O)n1cc2c(n1)C(CNC(=O)O)N1CC2N(OS(=O)(=O)O)C1=O. The Labute approximate surface area is 146 Å². The van der Waals surface area contributed by atoms with Crippen molar-refractivity contribution in [1.82, 2.24) is 30.4 Å². The molecule has 1 aromatic rings. The van der Waals surface area contributed by atoms with Crippen molar-refractivity contribution >= 4 is 28.6 Å². The molecule has 1 aromatic heterocycles. The second kappa shape index (κ2) is 6.11. The number of nitrogens with zero attached hydrogens (tertiary/aromatic N) is 4. The molecule has 3 heterocycles. The molecule has 0 aromatic carbocycles. The largest absolute Gasteiger partial charge is 0.465 e. The van der Waals surface area contributed by atoms with Gasteiger partial charge in [0, 0.05) is 25.4 Å². The number of carboxylic acid groups (broad SMARTS) is 1. The molecule has 0 radical (unpaired) electrons. The third-order valence-corrected chi connectivity index (χ3v) is 4.30. The van der Waals surface area contributed by atoms with Gasteiger partial charge in [-0.2, -0.15) is 23.3 Å². The molecule has 0 aliphatic carbocycles. The first-order chi connectivity index (χ1) is 12.1. The number of nitrogens with one attached hydrogen (secondary N) is 2. The molecule has 142 valence electrons. The molecule has 15 heteroatoms. The highest BCUT2D eigenvalue weighted by atomic mass is 32.3. The van der Waals surface area contributed by atoms with Crippen molar-refractivity contribution in [3.8, 4) is 0 Å². The van der Waals surface area contributed by atoms with Gasteiger partial charge in [0.25, 0.3) is 0 Å². The number of carbonyl (C=O) groups is 3. The molecule has 4 N–H and O–H groups in total. The molecule has 2 unspecified atom stereocenters. The van der Waals surface area contributed by atoms with Crippen LogP contribution >= 0.6 is 0 Å². The standard InChI is InChI=1S/C11H14N6O8S/c1-12-9(18)16-3-5-7-4-15(11(21)17(7)25-26(22,23)24)6(8(5)14-16)2-13-10(19)20/h3,6-7,13H,2,4H2,1H3,(H,12,18)(H,19,20)(H,22,23,24). The number of urea groups is 1. The van der Waals surface area contributed by atoms with Gasteiger partial charge < -0.3 is 20.6 Å². The fourth-order valence-electron chi connectivity index (χ4n) is 2.94. The van der Waals surface area contributed by atoms with Gasteiger partial charge in [0.1, 0.15) is 6.04 Å². The maximum absolute atomic E-state index is 12.4. The zero-order chi connectivity index (χ0) is 19.2. The van der Waals surface area contributed by atoms with Crippen LogP contribution in [-0.4, -0.2) is 76.1 Å². The predicted molar refractivity (Wildman–Crippen MR) is 80.2 cm³/mol. The molecular formula is C11H14N6O8S. The summed E-state index contributed by atoms with van der Waals surface area (Å²) in [7, 11) is -3.60. The molecule has 2 bridgehead atoms. The summed E-state index contributed by atoms with van der Waals surface area (Å²) in [5.74, 6) is 0. The first kappa shape index (κ1) is 17.9. The number of hydrogen-bond donors (Lipinski definition) is 4. The number of amides is 4. The van der Waals surface area contributed by atoms with Gasteiger partial charge >= 0.3 is 28.6 Å². The quantitative estimate of drug-likeness (QED) is 0.464. The summed E-state index contributed by atoms with van der Waals surface area (Å²) < 4.78 is 36.3. The van der Waals surface area contributed by atoms with Gasteiger partial charge in [-0.1, -0.05) is 0 Å². The minimum Gasteiger partial charge on any atom is -0.465 e. The van der Waals surface area contributed by atoms with Crippen LogP contribution in [0.4, 0.5) is 14.4 Å². The van der Waals surface area contributed by atoms with Gasteiger partial charge in [0.05, 0.1) is 18.3 Å². The number of rotatable bonds is 4. The average Bonchev–Trinajstić information content (AvgIpc) is 3.09. The molecule has 3 rings (SSSR count). The van der Waals surface area contributed by atoms with Crippen LogP contribution in [0.25, 0.3) is 0 Å². The Bertz CT molecular complexity index is 881. The van der Waals surface area contributed by atoms with E-state index in [2.05, 4.69) is 20.0 Å². The maximum Gasteiger partial charge on any atom is 0.418 e. The Hall–Kier alpha value is -2.91. The molecule has 26 heavy (non-hydrogen) atoms. The molecule has 2 atom stereocenters. The average molecular weight is 390 g/mol. The molecule has 1 fully saturated rings. The van der Waals surface area contributed by atoms with E-state index in [0.717, 1.165) is 9.58 Å². The first-order valence-electron chi connectivity index (χ1n) is 7.17. The van der Waals surface area contributed by atoms with E-state index < -0.39 is 40.6 Å². The van der Waals surface area contributed by atoms with Crippen LogP contribution in [0, 0.1) is 0 Å². The number of aromatic nitrogens is 2. The molecule has 2 aliphatic heterocycles.